The van der Waals surface area contributed by atoms with Crippen molar-refractivity contribution in [2.45, 2.75) is 20.8 Å². The summed E-state index contributed by atoms with van der Waals surface area (Å²) in [5.74, 6) is 1.17. The molecule has 2 aromatic carbocycles. The third-order valence-electron chi connectivity index (χ3n) is 4.58. The zero-order chi connectivity index (χ0) is 23.4. The lowest BCUT2D eigenvalue weighted by atomic mass is 10.3. The van der Waals surface area contributed by atoms with E-state index in [1.54, 1.807) is 54.1 Å². The smallest absolute Gasteiger partial charge is 0.262 e. The number of rotatable bonds is 7. The molecule has 4 aromatic rings. The molecule has 0 aliphatic rings. The molecule has 0 aliphatic carbocycles. The number of amides is 1. The zero-order valence-electron chi connectivity index (χ0n) is 18.4. The number of nitrogens with zero attached hydrogens (tertiary/aromatic N) is 4. The average molecular weight is 447 g/mol. The van der Waals surface area contributed by atoms with E-state index in [1.807, 2.05) is 19.9 Å². The van der Waals surface area contributed by atoms with Crippen LogP contribution in [0.1, 0.15) is 17.2 Å². The van der Waals surface area contributed by atoms with Gasteiger partial charge in [0.2, 0.25) is 5.88 Å². The summed E-state index contributed by atoms with van der Waals surface area (Å²) < 4.78 is 26.4. The number of para-hydroxylation sites is 1. The van der Waals surface area contributed by atoms with Gasteiger partial charge in [-0.1, -0.05) is 12.1 Å². The van der Waals surface area contributed by atoms with Crippen LogP contribution in [-0.2, 0) is 4.79 Å². The molecule has 0 bridgehead atoms. The van der Waals surface area contributed by atoms with Gasteiger partial charge < -0.3 is 14.8 Å². The molecule has 0 saturated carbocycles. The summed E-state index contributed by atoms with van der Waals surface area (Å²) in [6, 6.07) is 16.4. The quantitative estimate of drug-likeness (QED) is 0.447. The normalized spacial score (nSPS) is 10.7. The van der Waals surface area contributed by atoms with Crippen molar-refractivity contribution in [1.29, 1.82) is 0 Å². The van der Waals surface area contributed by atoms with Gasteiger partial charge in [0.15, 0.2) is 24.0 Å². The number of aromatic nitrogens is 4. The Labute approximate surface area is 190 Å². The number of carbonyl (C=O) groups is 1. The predicted octanol–water partition coefficient (Wildman–Crippen LogP) is 4.54. The molecule has 0 aliphatic heterocycles. The lowest BCUT2D eigenvalue weighted by Gasteiger charge is -2.10. The number of carbonyl (C=O) groups excluding carboxylic acids is 1. The summed E-state index contributed by atoms with van der Waals surface area (Å²) in [7, 11) is 0. The molecule has 0 fully saturated rings. The third kappa shape index (κ3) is 5.51. The highest BCUT2D eigenvalue weighted by atomic mass is 19.1. The topological polar surface area (TPSA) is 91.2 Å². The highest BCUT2D eigenvalue weighted by Gasteiger charge is 2.11. The lowest BCUT2D eigenvalue weighted by molar-refractivity contribution is -0.118. The molecule has 33 heavy (non-hydrogen) atoms. The van der Waals surface area contributed by atoms with E-state index in [0.717, 1.165) is 11.4 Å². The van der Waals surface area contributed by atoms with Crippen molar-refractivity contribution in [2.24, 2.45) is 0 Å². The minimum absolute atomic E-state index is 0.0244. The van der Waals surface area contributed by atoms with E-state index in [2.05, 4.69) is 20.4 Å². The molecule has 0 radical (unpaired) electrons. The average Bonchev–Trinajstić information content (AvgIpc) is 3.12. The van der Waals surface area contributed by atoms with Crippen LogP contribution in [0, 0.1) is 26.6 Å². The van der Waals surface area contributed by atoms with Crippen LogP contribution < -0.4 is 14.8 Å². The van der Waals surface area contributed by atoms with Crippen LogP contribution in [0.15, 0.2) is 60.7 Å². The van der Waals surface area contributed by atoms with Crippen LogP contribution in [0.25, 0.3) is 5.82 Å². The first-order valence-corrected chi connectivity index (χ1v) is 10.2. The monoisotopic (exact) mass is 447 g/mol. The Kier molecular flexibility index (Phi) is 6.30. The third-order valence-corrected chi connectivity index (χ3v) is 4.58. The SMILES string of the molecule is Cc1cc(C)n(-c2cc(Oc3ccc(NC(=O)COc4ccccc4F)cc3)nc(C)n2)n1. The van der Waals surface area contributed by atoms with Crippen molar-refractivity contribution in [1.82, 2.24) is 19.7 Å². The Morgan fingerprint density at radius 3 is 2.48 bits per heavy atom. The number of benzene rings is 2. The summed E-state index contributed by atoms with van der Waals surface area (Å²) >= 11 is 0. The maximum Gasteiger partial charge on any atom is 0.262 e. The van der Waals surface area contributed by atoms with Crippen LogP contribution in [0.5, 0.6) is 17.4 Å². The lowest BCUT2D eigenvalue weighted by Crippen LogP contribution is -2.20. The van der Waals surface area contributed by atoms with Crippen LogP contribution in [-0.4, -0.2) is 32.3 Å². The largest absolute Gasteiger partial charge is 0.481 e. The summed E-state index contributed by atoms with van der Waals surface area (Å²) in [4.78, 5) is 20.9. The van der Waals surface area contributed by atoms with E-state index in [1.165, 1.54) is 12.1 Å². The molecule has 8 nitrogen and oxygen atoms in total. The molecule has 0 atom stereocenters. The fourth-order valence-electron chi connectivity index (χ4n) is 3.18. The molecular weight excluding hydrogens is 425 g/mol. The molecule has 0 spiro atoms. The van der Waals surface area contributed by atoms with E-state index >= 15 is 0 Å². The first-order chi connectivity index (χ1) is 15.9. The minimum atomic E-state index is -0.521. The number of hydrogen-bond donors (Lipinski definition) is 1. The van der Waals surface area contributed by atoms with E-state index in [-0.39, 0.29) is 12.4 Å². The number of ether oxygens (including phenoxy) is 2. The summed E-state index contributed by atoms with van der Waals surface area (Å²) in [6.45, 7) is 5.34. The first-order valence-electron chi connectivity index (χ1n) is 10.2. The molecule has 9 heteroatoms. The fourth-order valence-corrected chi connectivity index (χ4v) is 3.18. The predicted molar refractivity (Wildman–Crippen MR) is 120 cm³/mol. The van der Waals surface area contributed by atoms with E-state index in [9.17, 15) is 9.18 Å². The van der Waals surface area contributed by atoms with Gasteiger partial charge >= 0.3 is 0 Å². The van der Waals surface area contributed by atoms with Gasteiger partial charge in [0.1, 0.15) is 11.6 Å². The second-order valence-electron chi connectivity index (χ2n) is 7.34. The standard InChI is InChI=1S/C24H22FN5O3/c1-15-12-16(2)30(29-15)22-13-24(27-17(3)26-22)33-19-10-8-18(9-11-19)28-23(31)14-32-21-7-5-4-6-20(21)25/h4-13H,14H2,1-3H3,(H,28,31). The van der Waals surface area contributed by atoms with E-state index in [0.29, 0.717) is 29.0 Å². The molecule has 2 heterocycles. The van der Waals surface area contributed by atoms with E-state index in [4.69, 9.17) is 9.47 Å². The highest BCUT2D eigenvalue weighted by Crippen LogP contribution is 2.24. The maximum atomic E-state index is 13.6. The molecule has 4 rings (SSSR count). The van der Waals surface area contributed by atoms with Gasteiger partial charge in [-0.25, -0.2) is 14.1 Å². The number of aryl methyl sites for hydroxylation is 3. The van der Waals surface area contributed by atoms with Gasteiger partial charge in [0, 0.05) is 17.4 Å². The van der Waals surface area contributed by atoms with Crippen LogP contribution >= 0.6 is 0 Å². The van der Waals surface area contributed by atoms with Crippen molar-refractivity contribution < 1.29 is 18.7 Å². The Morgan fingerprint density at radius 2 is 1.79 bits per heavy atom. The highest BCUT2D eigenvalue weighted by molar-refractivity contribution is 5.91. The molecule has 168 valence electrons. The van der Waals surface area contributed by atoms with Crippen LogP contribution in [0.3, 0.4) is 0 Å². The molecule has 1 amide bonds. The summed E-state index contributed by atoms with van der Waals surface area (Å²) in [5.41, 5.74) is 2.39. The van der Waals surface area contributed by atoms with Crippen LogP contribution in [0.2, 0.25) is 0 Å². The molecule has 2 aromatic heterocycles. The molecule has 0 unspecified atom stereocenters. The van der Waals surface area contributed by atoms with Crippen molar-refractivity contribution in [3.8, 4) is 23.2 Å². The van der Waals surface area contributed by atoms with Crippen molar-refractivity contribution in [3.05, 3.63) is 83.7 Å². The van der Waals surface area contributed by atoms with Gasteiger partial charge in [0.25, 0.3) is 5.91 Å². The van der Waals surface area contributed by atoms with E-state index < -0.39 is 11.7 Å². The Balaban J connectivity index is 1.39. The van der Waals surface area contributed by atoms with Crippen molar-refractivity contribution >= 4 is 11.6 Å². The number of nitrogens with one attached hydrogen (secondary N) is 1. The van der Waals surface area contributed by atoms with Gasteiger partial charge in [0.05, 0.1) is 5.69 Å². The Hall–Kier alpha value is -4.27. The molecular formula is C24H22FN5O3. The maximum absolute atomic E-state index is 13.6. The second kappa shape index (κ2) is 9.47. The summed E-state index contributed by atoms with van der Waals surface area (Å²) in [5, 5.41) is 7.14. The van der Waals surface area contributed by atoms with Gasteiger partial charge in [-0.2, -0.15) is 10.1 Å². The molecule has 1 N–H and O–H groups in total. The van der Waals surface area contributed by atoms with Gasteiger partial charge in [-0.3, -0.25) is 4.79 Å². The first kappa shape index (κ1) is 21.9. The fraction of sp³-hybridized carbons (Fsp3) is 0.167. The van der Waals surface area contributed by atoms with Crippen molar-refractivity contribution in [3.63, 3.8) is 0 Å². The Bertz CT molecular complexity index is 1290. The van der Waals surface area contributed by atoms with Crippen LogP contribution in [0.4, 0.5) is 10.1 Å². The zero-order valence-corrected chi connectivity index (χ0v) is 18.4. The summed E-state index contributed by atoms with van der Waals surface area (Å²) in [6.07, 6.45) is 0. The number of anilines is 1. The molecule has 0 saturated heterocycles. The van der Waals surface area contributed by atoms with Gasteiger partial charge in [-0.15, -0.1) is 0 Å². The number of hydrogen-bond acceptors (Lipinski definition) is 6. The minimum Gasteiger partial charge on any atom is -0.481 e. The number of halogens is 1. The van der Waals surface area contributed by atoms with Gasteiger partial charge in [-0.05, 0) is 63.2 Å². The second-order valence-corrected chi connectivity index (χ2v) is 7.34. The van der Waals surface area contributed by atoms with Crippen molar-refractivity contribution in [2.75, 3.05) is 11.9 Å². The Morgan fingerprint density at radius 1 is 1.03 bits per heavy atom.